The summed E-state index contributed by atoms with van der Waals surface area (Å²) < 4.78 is 15.9. The zero-order valence-corrected chi connectivity index (χ0v) is 22.1. The zero-order chi connectivity index (χ0) is 27.7. The molecule has 0 aromatic carbocycles. The fourth-order valence-electron chi connectivity index (χ4n) is 4.70. The standard InChI is InChI=1S/C27H34FN7O3/c1-26(2,37)17-5-7-18(8-6-17)34-20-10-21(22-14-31-24-9-16(11-29)12-33-35(22)24)30-13-19(20)25(36)32-15-23(28)27(3,4)38/h9-10,12-14,17-18,23,37-38H,5-8,15H2,1-4H3,(H,30,34)(H,32,36)/t17-,18-,23-/m1/s1. The molecule has 1 fully saturated rings. The summed E-state index contributed by atoms with van der Waals surface area (Å²) in [5.41, 5.74) is 0.409. The molecule has 4 N–H and O–H groups in total. The molecular formula is C27H34FN7O3. The van der Waals surface area contributed by atoms with Crippen molar-refractivity contribution >= 4 is 17.2 Å². The highest BCUT2D eigenvalue weighted by Gasteiger charge is 2.32. The summed E-state index contributed by atoms with van der Waals surface area (Å²) in [6.45, 7) is 6.01. The van der Waals surface area contributed by atoms with Gasteiger partial charge in [0.1, 0.15) is 17.9 Å². The van der Waals surface area contributed by atoms with Crippen LogP contribution in [0, 0.1) is 17.2 Å². The average Bonchev–Trinajstić information content (AvgIpc) is 3.29. The number of carbonyl (C=O) groups excluding carboxylic acids is 1. The van der Waals surface area contributed by atoms with E-state index in [1.54, 1.807) is 22.8 Å². The third kappa shape index (κ3) is 6.09. The molecule has 0 unspecified atom stereocenters. The highest BCUT2D eigenvalue weighted by Crippen LogP contribution is 2.34. The number of hydrogen-bond donors (Lipinski definition) is 4. The largest absolute Gasteiger partial charge is 0.390 e. The van der Waals surface area contributed by atoms with Crippen molar-refractivity contribution in [1.82, 2.24) is 24.9 Å². The van der Waals surface area contributed by atoms with Crippen molar-refractivity contribution in [3.8, 4) is 17.5 Å². The van der Waals surface area contributed by atoms with Crippen molar-refractivity contribution in [2.75, 3.05) is 11.9 Å². The topological polar surface area (TPSA) is 148 Å². The number of halogens is 1. The van der Waals surface area contributed by atoms with Gasteiger partial charge in [0.25, 0.3) is 5.91 Å². The van der Waals surface area contributed by atoms with Crippen LogP contribution in [0.4, 0.5) is 10.1 Å². The summed E-state index contributed by atoms with van der Waals surface area (Å²) in [6, 6.07) is 5.47. The predicted octanol–water partition coefficient (Wildman–Crippen LogP) is 3.24. The van der Waals surface area contributed by atoms with Crippen LogP contribution in [-0.2, 0) is 0 Å². The van der Waals surface area contributed by atoms with Crippen molar-refractivity contribution in [2.24, 2.45) is 5.92 Å². The van der Waals surface area contributed by atoms with Crippen LogP contribution in [0.25, 0.3) is 17.0 Å². The summed E-state index contributed by atoms with van der Waals surface area (Å²) in [5, 5.41) is 39.7. The molecule has 0 bridgehead atoms. The molecule has 4 rings (SSSR count). The first-order chi connectivity index (χ1) is 17.9. The third-order valence-corrected chi connectivity index (χ3v) is 7.20. The van der Waals surface area contributed by atoms with E-state index in [9.17, 15) is 19.4 Å². The summed E-state index contributed by atoms with van der Waals surface area (Å²) in [7, 11) is 0. The van der Waals surface area contributed by atoms with Gasteiger partial charge in [-0.05, 0) is 65.4 Å². The maximum absolute atomic E-state index is 14.3. The highest BCUT2D eigenvalue weighted by molar-refractivity contribution is 6.00. The molecule has 1 atom stereocenters. The summed E-state index contributed by atoms with van der Waals surface area (Å²) in [4.78, 5) is 21.9. The molecule has 3 aromatic rings. The Morgan fingerprint density at radius 2 is 1.87 bits per heavy atom. The SMILES string of the molecule is CC(C)(O)[C@H](F)CNC(=O)c1cnc(-c2cnc3cc(C#N)cnn23)cc1N[C@H]1CC[C@H](C(C)(C)O)CC1. The molecule has 1 aliphatic rings. The number of nitrogens with one attached hydrogen (secondary N) is 2. The van der Waals surface area contributed by atoms with Crippen molar-refractivity contribution in [3.63, 3.8) is 0 Å². The summed E-state index contributed by atoms with van der Waals surface area (Å²) in [6.07, 6.45) is 6.13. The van der Waals surface area contributed by atoms with Crippen LogP contribution in [0.5, 0.6) is 0 Å². The second-order valence-electron chi connectivity index (χ2n) is 11.1. The van der Waals surface area contributed by atoms with E-state index < -0.39 is 23.3 Å². The van der Waals surface area contributed by atoms with Crippen molar-refractivity contribution in [1.29, 1.82) is 5.26 Å². The number of carbonyl (C=O) groups is 1. The highest BCUT2D eigenvalue weighted by atomic mass is 19.1. The third-order valence-electron chi connectivity index (χ3n) is 7.20. The molecular weight excluding hydrogens is 489 g/mol. The van der Waals surface area contributed by atoms with Gasteiger partial charge in [0.15, 0.2) is 5.65 Å². The first-order valence-corrected chi connectivity index (χ1v) is 12.7. The second kappa shape index (κ2) is 10.6. The molecule has 1 aliphatic carbocycles. The molecule has 1 saturated carbocycles. The predicted molar refractivity (Wildman–Crippen MR) is 140 cm³/mol. The van der Waals surface area contributed by atoms with Gasteiger partial charge in [-0.2, -0.15) is 10.4 Å². The lowest BCUT2D eigenvalue weighted by Crippen LogP contribution is -2.42. The van der Waals surface area contributed by atoms with E-state index in [0.29, 0.717) is 28.3 Å². The Kier molecular flexibility index (Phi) is 7.67. The Morgan fingerprint density at radius 1 is 1.16 bits per heavy atom. The number of imidazole rings is 1. The molecule has 3 aromatic heterocycles. The van der Waals surface area contributed by atoms with Gasteiger partial charge < -0.3 is 20.8 Å². The quantitative estimate of drug-likeness (QED) is 0.352. The van der Waals surface area contributed by atoms with Crippen LogP contribution in [0.1, 0.15) is 69.3 Å². The lowest BCUT2D eigenvalue weighted by molar-refractivity contribution is -0.00183. The van der Waals surface area contributed by atoms with Gasteiger partial charge in [-0.15, -0.1) is 0 Å². The van der Waals surface area contributed by atoms with Crippen LogP contribution in [-0.4, -0.2) is 65.7 Å². The molecule has 0 spiro atoms. The average molecular weight is 524 g/mol. The fourth-order valence-corrected chi connectivity index (χ4v) is 4.70. The number of alkyl halides is 1. The number of anilines is 1. The molecule has 0 radical (unpaired) electrons. The maximum atomic E-state index is 14.3. The molecule has 11 heteroatoms. The number of nitrogens with zero attached hydrogens (tertiary/aromatic N) is 5. The van der Waals surface area contributed by atoms with E-state index in [2.05, 4.69) is 25.7 Å². The number of amides is 1. The van der Waals surface area contributed by atoms with Crippen LogP contribution in [0.3, 0.4) is 0 Å². The molecule has 0 aliphatic heterocycles. The lowest BCUT2D eigenvalue weighted by Gasteiger charge is -2.36. The number of rotatable bonds is 8. The van der Waals surface area contributed by atoms with Gasteiger partial charge >= 0.3 is 0 Å². The Bertz CT molecular complexity index is 1350. The van der Waals surface area contributed by atoms with E-state index in [0.717, 1.165) is 25.7 Å². The lowest BCUT2D eigenvalue weighted by atomic mass is 9.77. The van der Waals surface area contributed by atoms with E-state index in [-0.39, 0.29) is 24.1 Å². The zero-order valence-electron chi connectivity index (χ0n) is 22.1. The minimum Gasteiger partial charge on any atom is -0.390 e. The number of pyridine rings is 1. The monoisotopic (exact) mass is 523 g/mol. The Hall–Kier alpha value is -3.62. The number of hydrogen-bond acceptors (Lipinski definition) is 8. The number of fused-ring (bicyclic) bond motifs is 1. The van der Waals surface area contributed by atoms with Gasteiger partial charge in [0.2, 0.25) is 0 Å². The van der Waals surface area contributed by atoms with Crippen LogP contribution in [0.15, 0.2) is 30.7 Å². The van der Waals surface area contributed by atoms with E-state index in [1.165, 1.54) is 26.2 Å². The molecule has 1 amide bonds. The van der Waals surface area contributed by atoms with Gasteiger partial charge in [-0.25, -0.2) is 13.9 Å². The number of aliphatic hydroxyl groups is 2. The fraction of sp³-hybridized carbons (Fsp3) is 0.519. The molecule has 3 heterocycles. The molecule has 202 valence electrons. The van der Waals surface area contributed by atoms with Gasteiger partial charge in [-0.1, -0.05) is 0 Å². The van der Waals surface area contributed by atoms with E-state index in [1.807, 2.05) is 19.9 Å². The smallest absolute Gasteiger partial charge is 0.255 e. The minimum atomic E-state index is -1.64. The minimum absolute atomic E-state index is 0.0687. The maximum Gasteiger partial charge on any atom is 0.255 e. The summed E-state index contributed by atoms with van der Waals surface area (Å²) in [5.74, 6) is -0.319. The van der Waals surface area contributed by atoms with Gasteiger partial charge in [0.05, 0.1) is 52.6 Å². The Morgan fingerprint density at radius 3 is 2.50 bits per heavy atom. The normalized spacial score (nSPS) is 19.1. The molecule has 0 saturated heterocycles. The van der Waals surface area contributed by atoms with Crippen molar-refractivity contribution in [3.05, 3.63) is 41.9 Å². The Balaban J connectivity index is 1.63. The summed E-state index contributed by atoms with van der Waals surface area (Å²) >= 11 is 0. The van der Waals surface area contributed by atoms with Crippen LogP contribution < -0.4 is 10.6 Å². The molecule has 38 heavy (non-hydrogen) atoms. The van der Waals surface area contributed by atoms with E-state index >= 15 is 0 Å². The number of aromatic nitrogens is 4. The van der Waals surface area contributed by atoms with Gasteiger partial charge in [-0.3, -0.25) is 9.78 Å². The first-order valence-electron chi connectivity index (χ1n) is 12.7. The number of nitriles is 1. The molecule has 10 nitrogen and oxygen atoms in total. The van der Waals surface area contributed by atoms with Crippen molar-refractivity contribution < 1.29 is 19.4 Å². The van der Waals surface area contributed by atoms with Crippen LogP contribution in [0.2, 0.25) is 0 Å². The van der Waals surface area contributed by atoms with Gasteiger partial charge in [0, 0.05) is 18.3 Å². The van der Waals surface area contributed by atoms with E-state index in [4.69, 9.17) is 5.26 Å². The first kappa shape index (κ1) is 27.4. The second-order valence-corrected chi connectivity index (χ2v) is 11.1. The van der Waals surface area contributed by atoms with Crippen molar-refractivity contribution in [2.45, 2.75) is 76.8 Å². The van der Waals surface area contributed by atoms with Crippen LogP contribution >= 0.6 is 0 Å². The Labute approximate surface area is 220 Å².